The summed E-state index contributed by atoms with van der Waals surface area (Å²) in [6, 6.07) is 10.3. The van der Waals surface area contributed by atoms with E-state index in [9.17, 15) is 13.2 Å². The molecule has 0 radical (unpaired) electrons. The van der Waals surface area contributed by atoms with E-state index in [0.29, 0.717) is 5.56 Å². The predicted molar refractivity (Wildman–Crippen MR) is 82.1 cm³/mol. The van der Waals surface area contributed by atoms with Crippen LogP contribution in [-0.4, -0.2) is 9.97 Å². The van der Waals surface area contributed by atoms with Gasteiger partial charge in [-0.2, -0.15) is 0 Å². The average Bonchev–Trinajstić information content (AvgIpc) is 2.51. The van der Waals surface area contributed by atoms with Gasteiger partial charge in [0.15, 0.2) is 5.82 Å². The van der Waals surface area contributed by atoms with Gasteiger partial charge in [-0.3, -0.25) is 0 Å². The standard InChI is InChI=1S/C16H9ClF3N3/c17-13-8-14(22-15-11(19)2-1-3-12(15)20)23-16(21-13)9-4-6-10(18)7-5-9/h1-8H,(H,21,22,23). The second-order valence-electron chi connectivity index (χ2n) is 4.63. The van der Waals surface area contributed by atoms with Crippen LogP contribution < -0.4 is 5.32 Å². The van der Waals surface area contributed by atoms with E-state index in [1.165, 1.54) is 36.4 Å². The maximum Gasteiger partial charge on any atom is 0.163 e. The lowest BCUT2D eigenvalue weighted by Crippen LogP contribution is -2.01. The third kappa shape index (κ3) is 3.43. The minimum absolute atomic E-state index is 0.0820. The van der Waals surface area contributed by atoms with Crippen molar-refractivity contribution < 1.29 is 13.2 Å². The van der Waals surface area contributed by atoms with Gasteiger partial charge in [0.05, 0.1) is 0 Å². The number of rotatable bonds is 3. The molecule has 0 unspecified atom stereocenters. The normalized spacial score (nSPS) is 10.6. The number of benzene rings is 2. The molecule has 0 bridgehead atoms. The zero-order valence-electron chi connectivity index (χ0n) is 11.5. The molecule has 1 aromatic heterocycles. The van der Waals surface area contributed by atoms with Gasteiger partial charge in [0.25, 0.3) is 0 Å². The fourth-order valence-electron chi connectivity index (χ4n) is 1.96. The van der Waals surface area contributed by atoms with Crippen molar-refractivity contribution in [2.45, 2.75) is 0 Å². The summed E-state index contributed by atoms with van der Waals surface area (Å²) in [5.41, 5.74) is 0.179. The van der Waals surface area contributed by atoms with Crippen LogP contribution in [0.2, 0.25) is 5.15 Å². The van der Waals surface area contributed by atoms with E-state index in [1.54, 1.807) is 0 Å². The molecule has 0 saturated carbocycles. The number of para-hydroxylation sites is 1. The lowest BCUT2D eigenvalue weighted by Gasteiger charge is -2.09. The topological polar surface area (TPSA) is 37.8 Å². The Morgan fingerprint density at radius 2 is 1.52 bits per heavy atom. The average molecular weight is 336 g/mol. The van der Waals surface area contributed by atoms with Crippen LogP contribution in [0.15, 0.2) is 48.5 Å². The van der Waals surface area contributed by atoms with Crippen LogP contribution in [-0.2, 0) is 0 Å². The van der Waals surface area contributed by atoms with Gasteiger partial charge >= 0.3 is 0 Å². The third-order valence-corrected chi connectivity index (χ3v) is 3.21. The monoisotopic (exact) mass is 335 g/mol. The van der Waals surface area contributed by atoms with Crippen molar-refractivity contribution in [2.24, 2.45) is 0 Å². The molecular formula is C16H9ClF3N3. The Bertz CT molecular complexity index is 833. The fraction of sp³-hybridized carbons (Fsp3) is 0. The predicted octanol–water partition coefficient (Wildman–Crippen LogP) is 4.96. The van der Waals surface area contributed by atoms with E-state index >= 15 is 0 Å². The van der Waals surface area contributed by atoms with Gasteiger partial charge in [-0.1, -0.05) is 17.7 Å². The maximum atomic E-state index is 13.7. The van der Waals surface area contributed by atoms with Crippen molar-refractivity contribution in [3.63, 3.8) is 0 Å². The first kappa shape index (κ1) is 15.3. The highest BCUT2D eigenvalue weighted by atomic mass is 35.5. The Balaban J connectivity index is 1.99. The van der Waals surface area contributed by atoms with E-state index < -0.39 is 17.5 Å². The van der Waals surface area contributed by atoms with Gasteiger partial charge in [-0.25, -0.2) is 23.1 Å². The van der Waals surface area contributed by atoms with E-state index in [1.807, 2.05) is 0 Å². The van der Waals surface area contributed by atoms with Crippen LogP contribution in [0, 0.1) is 17.5 Å². The first-order chi connectivity index (χ1) is 11.0. The molecule has 3 nitrogen and oxygen atoms in total. The van der Waals surface area contributed by atoms with Crippen molar-refractivity contribution in [1.82, 2.24) is 9.97 Å². The second-order valence-corrected chi connectivity index (χ2v) is 5.02. The number of nitrogens with zero attached hydrogens (tertiary/aromatic N) is 2. The molecule has 0 fully saturated rings. The first-order valence-corrected chi connectivity index (χ1v) is 6.92. The van der Waals surface area contributed by atoms with E-state index in [4.69, 9.17) is 11.6 Å². The molecule has 7 heteroatoms. The Morgan fingerprint density at radius 3 is 2.17 bits per heavy atom. The van der Waals surface area contributed by atoms with Gasteiger partial charge < -0.3 is 5.32 Å². The number of halogens is 4. The lowest BCUT2D eigenvalue weighted by atomic mass is 10.2. The van der Waals surface area contributed by atoms with Gasteiger partial charge in [0.1, 0.15) is 34.1 Å². The number of aromatic nitrogens is 2. The molecule has 3 aromatic rings. The van der Waals surface area contributed by atoms with Gasteiger partial charge in [-0.05, 0) is 36.4 Å². The molecule has 0 spiro atoms. The lowest BCUT2D eigenvalue weighted by molar-refractivity contribution is 0.590. The Hall–Kier alpha value is -2.60. The smallest absolute Gasteiger partial charge is 0.163 e. The summed E-state index contributed by atoms with van der Waals surface area (Å²) >= 11 is 5.92. The van der Waals surface area contributed by atoms with Crippen LogP contribution in [0.1, 0.15) is 0 Å². The van der Waals surface area contributed by atoms with Crippen molar-refractivity contribution in [3.05, 3.63) is 71.1 Å². The molecular weight excluding hydrogens is 327 g/mol. The van der Waals surface area contributed by atoms with E-state index in [0.717, 1.165) is 12.1 Å². The molecule has 0 aliphatic carbocycles. The number of hydrogen-bond acceptors (Lipinski definition) is 3. The zero-order chi connectivity index (χ0) is 16.4. The summed E-state index contributed by atoms with van der Waals surface area (Å²) in [5, 5.41) is 2.63. The van der Waals surface area contributed by atoms with Gasteiger partial charge in [0, 0.05) is 11.6 Å². The Labute approximate surface area is 134 Å². The zero-order valence-corrected chi connectivity index (χ0v) is 12.3. The van der Waals surface area contributed by atoms with Crippen LogP contribution in [0.25, 0.3) is 11.4 Å². The van der Waals surface area contributed by atoms with Crippen LogP contribution in [0.4, 0.5) is 24.7 Å². The maximum absolute atomic E-state index is 13.7. The molecule has 0 aliphatic rings. The Kier molecular flexibility index (Phi) is 4.16. The first-order valence-electron chi connectivity index (χ1n) is 6.54. The molecule has 1 N–H and O–H groups in total. The van der Waals surface area contributed by atoms with Crippen molar-refractivity contribution in [3.8, 4) is 11.4 Å². The largest absolute Gasteiger partial charge is 0.335 e. The van der Waals surface area contributed by atoms with Crippen molar-refractivity contribution in [1.29, 1.82) is 0 Å². The van der Waals surface area contributed by atoms with Crippen LogP contribution in [0.3, 0.4) is 0 Å². The summed E-state index contributed by atoms with van der Waals surface area (Å²) in [7, 11) is 0. The summed E-state index contributed by atoms with van der Waals surface area (Å²) in [4.78, 5) is 8.17. The summed E-state index contributed by atoms with van der Waals surface area (Å²) in [6.45, 7) is 0. The molecule has 2 aromatic carbocycles. The van der Waals surface area contributed by atoms with Crippen molar-refractivity contribution in [2.75, 3.05) is 5.32 Å². The van der Waals surface area contributed by atoms with Gasteiger partial charge in [-0.15, -0.1) is 0 Å². The SMILES string of the molecule is Fc1ccc(-c2nc(Cl)cc(Nc3c(F)cccc3F)n2)cc1. The van der Waals surface area contributed by atoms with Gasteiger partial charge in [0.2, 0.25) is 0 Å². The van der Waals surface area contributed by atoms with Crippen LogP contribution in [0.5, 0.6) is 0 Å². The number of anilines is 2. The molecule has 0 amide bonds. The summed E-state index contributed by atoms with van der Waals surface area (Å²) in [6.07, 6.45) is 0. The van der Waals surface area contributed by atoms with Crippen LogP contribution >= 0.6 is 11.6 Å². The number of nitrogens with one attached hydrogen (secondary N) is 1. The summed E-state index contributed by atoms with van der Waals surface area (Å²) in [5.74, 6) is -1.60. The van der Waals surface area contributed by atoms with E-state index in [2.05, 4.69) is 15.3 Å². The molecule has 0 atom stereocenters. The number of hydrogen-bond donors (Lipinski definition) is 1. The Morgan fingerprint density at radius 1 is 0.870 bits per heavy atom. The molecule has 116 valence electrons. The molecule has 0 aliphatic heterocycles. The minimum Gasteiger partial charge on any atom is -0.335 e. The molecule has 23 heavy (non-hydrogen) atoms. The van der Waals surface area contributed by atoms with E-state index in [-0.39, 0.29) is 22.5 Å². The molecule has 0 saturated heterocycles. The quantitative estimate of drug-likeness (QED) is 0.688. The highest BCUT2D eigenvalue weighted by Gasteiger charge is 2.11. The highest BCUT2D eigenvalue weighted by Crippen LogP contribution is 2.25. The fourth-order valence-corrected chi connectivity index (χ4v) is 2.14. The summed E-state index contributed by atoms with van der Waals surface area (Å²) < 4.78 is 40.3. The second kappa shape index (κ2) is 6.26. The third-order valence-electron chi connectivity index (χ3n) is 3.01. The highest BCUT2D eigenvalue weighted by molar-refractivity contribution is 6.29. The minimum atomic E-state index is -0.761. The molecule has 1 heterocycles. The van der Waals surface area contributed by atoms with Crippen molar-refractivity contribution >= 4 is 23.1 Å². The molecule has 3 rings (SSSR count).